The lowest BCUT2D eigenvalue weighted by molar-refractivity contribution is -0.135. The topological polar surface area (TPSA) is 155 Å². The Morgan fingerprint density at radius 2 is 1.51 bits per heavy atom. The Morgan fingerprint density at radius 1 is 0.803 bits per heavy atom. The van der Waals surface area contributed by atoms with Gasteiger partial charge in [-0.15, -0.1) is 10.2 Å². The molecule has 3 atom stereocenters. The van der Waals surface area contributed by atoms with Gasteiger partial charge in [0.1, 0.15) is 11.8 Å². The standard InChI is InChI=1S/C47H58N10O4/c1-52(35-9-6-10-36(26-35)57-37-13-14-38(57)29-56(28-37)42-27-40(50-51-46(42)48)39-11-3-4-12-43(39)58)33-19-23-55(24-20-33)45(60)30-54-21-17-31(18-22-54)32-7-5-8-34(25-32)53(2)41-15-16-44(59)49-47(41)61/h3-12,25-27,31,33,37-38,41,58H,13-24,28-30H2,1-2H3,(H2,48,51)(H,49,59,61)/t37-,38+,41-/m0/s1. The second-order valence-corrected chi connectivity index (χ2v) is 17.7. The molecular weight excluding hydrogens is 769 g/mol. The fourth-order valence-corrected chi connectivity index (χ4v) is 10.5. The summed E-state index contributed by atoms with van der Waals surface area (Å²) in [5, 5.41) is 21.5. The Hall–Kier alpha value is -5.89. The van der Waals surface area contributed by atoms with E-state index in [4.69, 9.17) is 5.73 Å². The zero-order chi connectivity index (χ0) is 42.2. The minimum absolute atomic E-state index is 0.171. The smallest absolute Gasteiger partial charge is 0.249 e. The number of benzene rings is 3. The van der Waals surface area contributed by atoms with E-state index in [1.807, 2.05) is 36.2 Å². The molecule has 3 amide bonds. The van der Waals surface area contributed by atoms with Crippen LogP contribution in [-0.2, 0) is 14.4 Å². The van der Waals surface area contributed by atoms with E-state index in [-0.39, 0.29) is 29.5 Å². The number of nitrogens with zero attached hydrogens (tertiary/aromatic N) is 8. The number of anilines is 5. The van der Waals surface area contributed by atoms with Gasteiger partial charge >= 0.3 is 0 Å². The van der Waals surface area contributed by atoms with E-state index in [2.05, 4.69) is 89.5 Å². The van der Waals surface area contributed by atoms with E-state index in [0.717, 1.165) is 89.2 Å². The first kappa shape index (κ1) is 40.5. The van der Waals surface area contributed by atoms with Crippen LogP contribution in [0.5, 0.6) is 5.75 Å². The van der Waals surface area contributed by atoms with Gasteiger partial charge in [-0.2, -0.15) is 0 Å². The van der Waals surface area contributed by atoms with Crippen molar-refractivity contribution in [2.75, 3.05) is 85.2 Å². The molecule has 61 heavy (non-hydrogen) atoms. The van der Waals surface area contributed by atoms with Gasteiger partial charge in [-0.3, -0.25) is 24.6 Å². The molecule has 5 fully saturated rings. The second kappa shape index (κ2) is 17.2. The summed E-state index contributed by atoms with van der Waals surface area (Å²) in [5.41, 5.74) is 13.2. The number of carbonyl (C=O) groups is 3. The summed E-state index contributed by atoms with van der Waals surface area (Å²) in [7, 11) is 4.12. The first-order valence-electron chi connectivity index (χ1n) is 22.0. The molecule has 320 valence electrons. The maximum Gasteiger partial charge on any atom is 0.249 e. The van der Waals surface area contributed by atoms with Crippen molar-refractivity contribution < 1.29 is 19.5 Å². The summed E-state index contributed by atoms with van der Waals surface area (Å²) in [6.07, 6.45) is 6.95. The molecule has 14 heteroatoms. The third-order valence-corrected chi connectivity index (χ3v) is 14.1. The Morgan fingerprint density at radius 3 is 2.23 bits per heavy atom. The van der Waals surface area contributed by atoms with Gasteiger partial charge in [0.2, 0.25) is 17.7 Å². The molecule has 4 N–H and O–H groups in total. The third kappa shape index (κ3) is 8.42. The maximum absolute atomic E-state index is 13.6. The zero-order valence-corrected chi connectivity index (χ0v) is 35.3. The van der Waals surface area contributed by atoms with Crippen LogP contribution in [0.4, 0.5) is 28.6 Å². The van der Waals surface area contributed by atoms with Gasteiger partial charge in [-0.05, 0) is 118 Å². The summed E-state index contributed by atoms with van der Waals surface area (Å²) >= 11 is 0. The number of phenolic OH excluding ortho intramolecular Hbond substituents is 1. The number of aromatic nitrogens is 2. The zero-order valence-electron chi connectivity index (χ0n) is 35.3. The molecule has 6 heterocycles. The Kier molecular flexibility index (Phi) is 11.4. The van der Waals surface area contributed by atoms with Crippen molar-refractivity contribution in [3.63, 3.8) is 0 Å². The van der Waals surface area contributed by atoms with Gasteiger partial charge in [-0.1, -0.05) is 30.3 Å². The third-order valence-electron chi connectivity index (χ3n) is 14.1. The Bertz CT molecular complexity index is 2240. The van der Waals surface area contributed by atoms with Gasteiger partial charge in [-0.25, -0.2) is 0 Å². The first-order valence-corrected chi connectivity index (χ1v) is 22.0. The fraction of sp³-hybridized carbons (Fsp3) is 0.468. The number of fused-ring (bicyclic) bond motifs is 2. The van der Waals surface area contributed by atoms with Crippen LogP contribution in [-0.4, -0.2) is 127 Å². The molecule has 0 aliphatic carbocycles. The molecule has 0 saturated carbocycles. The molecular formula is C47H58N10O4. The summed E-state index contributed by atoms with van der Waals surface area (Å²) < 4.78 is 0. The van der Waals surface area contributed by atoms with Crippen molar-refractivity contribution in [2.24, 2.45) is 0 Å². The van der Waals surface area contributed by atoms with Crippen LogP contribution in [0.2, 0.25) is 0 Å². The van der Waals surface area contributed by atoms with Gasteiger partial charge < -0.3 is 35.3 Å². The number of hydrogen-bond acceptors (Lipinski definition) is 12. The van der Waals surface area contributed by atoms with Crippen LogP contribution >= 0.6 is 0 Å². The summed E-state index contributed by atoms with van der Waals surface area (Å²) in [6, 6.07) is 27.2. The fourth-order valence-electron chi connectivity index (χ4n) is 10.5. The monoisotopic (exact) mass is 826 g/mol. The number of hydrogen-bond donors (Lipinski definition) is 3. The average Bonchev–Trinajstić information content (AvgIpc) is 3.55. The molecule has 0 spiro atoms. The highest BCUT2D eigenvalue weighted by Crippen LogP contribution is 2.40. The number of piperidine rings is 3. The quantitative estimate of drug-likeness (QED) is 0.188. The van der Waals surface area contributed by atoms with E-state index in [1.54, 1.807) is 12.1 Å². The maximum atomic E-state index is 13.6. The molecule has 9 rings (SSSR count). The van der Waals surface area contributed by atoms with Gasteiger partial charge in [0.25, 0.3) is 0 Å². The molecule has 14 nitrogen and oxygen atoms in total. The van der Waals surface area contributed by atoms with Crippen LogP contribution in [0.25, 0.3) is 11.3 Å². The number of imide groups is 1. The highest BCUT2D eigenvalue weighted by atomic mass is 16.3. The predicted molar refractivity (Wildman–Crippen MR) is 239 cm³/mol. The molecule has 5 aliphatic rings. The Labute approximate surface area is 358 Å². The van der Waals surface area contributed by atoms with Crippen molar-refractivity contribution in [1.82, 2.24) is 25.3 Å². The number of phenols is 1. The van der Waals surface area contributed by atoms with Gasteiger partial charge in [0.05, 0.1) is 17.9 Å². The number of nitrogen functional groups attached to an aromatic ring is 1. The Balaban J connectivity index is 0.756. The molecule has 5 aliphatic heterocycles. The average molecular weight is 827 g/mol. The van der Waals surface area contributed by atoms with Crippen molar-refractivity contribution in [3.05, 3.63) is 84.4 Å². The van der Waals surface area contributed by atoms with E-state index in [1.165, 1.54) is 16.9 Å². The number of nitrogens with two attached hydrogens (primary N) is 1. The molecule has 0 radical (unpaired) electrons. The number of piperazine rings is 1. The first-order chi connectivity index (χ1) is 29.6. The van der Waals surface area contributed by atoms with Crippen molar-refractivity contribution >= 4 is 46.3 Å². The number of nitrogens with one attached hydrogen (secondary N) is 1. The van der Waals surface area contributed by atoms with Gasteiger partial charge in [0.15, 0.2) is 5.82 Å². The van der Waals surface area contributed by atoms with E-state index < -0.39 is 0 Å². The largest absolute Gasteiger partial charge is 0.507 e. The number of rotatable bonds is 10. The number of aromatic hydroxyl groups is 1. The molecule has 2 bridgehead atoms. The SMILES string of the molecule is CN(c1cccc(N2[C@@H]3CC[C@H]2CN(c2cc(-c4ccccc4O)nnc2N)C3)c1)C1CCN(C(=O)CN2CCC(c3cccc(N(C)[C@H]4CCC(=O)NC4=O)c3)CC2)CC1. The van der Waals surface area contributed by atoms with Crippen molar-refractivity contribution in [2.45, 2.75) is 81.5 Å². The van der Waals surface area contributed by atoms with Crippen LogP contribution < -0.4 is 30.7 Å². The summed E-state index contributed by atoms with van der Waals surface area (Å²) in [4.78, 5) is 51.4. The van der Waals surface area contributed by atoms with Crippen LogP contribution in [0.15, 0.2) is 78.9 Å². The lowest BCUT2D eigenvalue weighted by atomic mass is 9.89. The molecule has 0 unspecified atom stereocenters. The van der Waals surface area contributed by atoms with Crippen LogP contribution in [0, 0.1) is 0 Å². The number of likely N-dealkylation sites (N-methyl/N-ethyl adjacent to an activating group) is 1. The van der Waals surface area contributed by atoms with Crippen LogP contribution in [0.1, 0.15) is 62.8 Å². The highest BCUT2D eigenvalue weighted by molar-refractivity contribution is 6.01. The minimum atomic E-state index is -0.349. The molecule has 1 aromatic heterocycles. The normalized spacial score (nSPS) is 22.7. The summed E-state index contributed by atoms with van der Waals surface area (Å²) in [6.45, 7) is 5.42. The van der Waals surface area contributed by atoms with Crippen molar-refractivity contribution in [1.29, 1.82) is 0 Å². The predicted octanol–water partition coefficient (Wildman–Crippen LogP) is 4.84. The lowest BCUT2D eigenvalue weighted by Crippen LogP contribution is -2.54. The number of amides is 3. The van der Waals surface area contributed by atoms with E-state index in [0.29, 0.717) is 60.5 Å². The number of carbonyl (C=O) groups excluding carboxylic acids is 3. The molecule has 5 saturated heterocycles. The molecule has 4 aromatic rings. The number of likely N-dealkylation sites (tertiary alicyclic amines) is 2. The molecule has 3 aromatic carbocycles. The number of para-hydroxylation sites is 1. The van der Waals surface area contributed by atoms with Crippen molar-refractivity contribution in [3.8, 4) is 17.0 Å². The van der Waals surface area contributed by atoms with Crippen LogP contribution in [0.3, 0.4) is 0 Å². The van der Waals surface area contributed by atoms with Gasteiger partial charge in [0, 0.05) is 87.4 Å². The highest BCUT2D eigenvalue weighted by Gasteiger charge is 2.41. The van der Waals surface area contributed by atoms with E-state index >= 15 is 0 Å². The minimum Gasteiger partial charge on any atom is -0.507 e. The lowest BCUT2D eigenvalue weighted by Gasteiger charge is -2.44. The second-order valence-electron chi connectivity index (χ2n) is 17.7. The van der Waals surface area contributed by atoms with E-state index in [9.17, 15) is 19.5 Å². The summed E-state index contributed by atoms with van der Waals surface area (Å²) in [5.74, 6) is 0.773.